The molecule has 0 saturated carbocycles. The molecule has 1 aliphatic rings. The first-order valence-electron chi connectivity index (χ1n) is 6.65. The number of nitrogens with one attached hydrogen (secondary N) is 1. The fraction of sp³-hybridized carbons (Fsp3) is 0.133. The highest BCUT2D eigenvalue weighted by Crippen LogP contribution is 2.40. The van der Waals surface area contributed by atoms with Crippen molar-refractivity contribution in [1.29, 1.82) is 5.26 Å². The van der Waals surface area contributed by atoms with E-state index in [-0.39, 0.29) is 28.5 Å². The van der Waals surface area contributed by atoms with Crippen molar-refractivity contribution >= 4 is 0 Å². The van der Waals surface area contributed by atoms with Crippen LogP contribution < -0.4 is 16.0 Å². The first-order valence-corrected chi connectivity index (χ1v) is 6.65. The Bertz CT molecular complexity index is 941. The summed E-state index contributed by atoms with van der Waals surface area (Å²) in [4.78, 5) is 18.3. The van der Waals surface area contributed by atoms with E-state index in [0.717, 1.165) is 18.5 Å². The Morgan fingerprint density at radius 2 is 2.12 bits per heavy atom. The number of alkyl halides is 3. The molecule has 0 aliphatic carbocycles. The lowest BCUT2D eigenvalue weighted by molar-refractivity contribution is -0.137. The van der Waals surface area contributed by atoms with E-state index in [2.05, 4.69) is 9.97 Å². The van der Waals surface area contributed by atoms with Crippen LogP contribution in [0.15, 0.2) is 46.8 Å². The monoisotopic (exact) mass is 334 g/mol. The van der Waals surface area contributed by atoms with Gasteiger partial charge in [0, 0.05) is 0 Å². The topological polar surface area (TPSA) is 105 Å². The number of hydrogen-bond acceptors (Lipinski definition) is 5. The second kappa shape index (κ2) is 5.42. The molecule has 122 valence electrons. The van der Waals surface area contributed by atoms with Gasteiger partial charge in [-0.1, -0.05) is 18.2 Å². The maximum absolute atomic E-state index is 13.0. The Morgan fingerprint density at radius 1 is 1.38 bits per heavy atom. The highest BCUT2D eigenvalue weighted by Gasteiger charge is 2.36. The quantitative estimate of drug-likeness (QED) is 0.830. The van der Waals surface area contributed by atoms with Crippen LogP contribution in [0.3, 0.4) is 0 Å². The number of H-pyrrole nitrogens is 1. The van der Waals surface area contributed by atoms with Crippen molar-refractivity contribution in [3.05, 3.63) is 69.1 Å². The number of aromatic nitrogens is 2. The van der Waals surface area contributed by atoms with Crippen molar-refractivity contribution in [2.75, 3.05) is 0 Å². The standard InChI is InChI=1S/C15H9F3N4O2/c16-15(17,18)8-3-1-2-7(4-8)10-9(5-19)12(20)24-14-11(10)13(23)21-6-22-14/h1-4,6,10H,20H2,(H,21,22,23)/t10-/m1/s1. The predicted molar refractivity (Wildman–Crippen MR) is 75.6 cm³/mol. The average molecular weight is 334 g/mol. The van der Waals surface area contributed by atoms with Crippen molar-refractivity contribution in [3.8, 4) is 11.9 Å². The highest BCUT2D eigenvalue weighted by molar-refractivity contribution is 5.53. The molecule has 0 saturated heterocycles. The third-order valence-corrected chi connectivity index (χ3v) is 3.57. The van der Waals surface area contributed by atoms with Gasteiger partial charge in [0.15, 0.2) is 0 Å². The number of halogens is 3. The van der Waals surface area contributed by atoms with Crippen LogP contribution in [0, 0.1) is 11.3 Å². The number of nitrogens with two attached hydrogens (primary N) is 1. The summed E-state index contributed by atoms with van der Waals surface area (Å²) in [5.74, 6) is -1.54. The molecule has 2 heterocycles. The summed E-state index contributed by atoms with van der Waals surface area (Å²) < 4.78 is 44.0. The van der Waals surface area contributed by atoms with Crippen molar-refractivity contribution < 1.29 is 17.9 Å². The summed E-state index contributed by atoms with van der Waals surface area (Å²) in [6, 6.07) is 6.15. The molecule has 0 spiro atoms. The smallest absolute Gasteiger partial charge is 0.416 e. The fourth-order valence-electron chi connectivity index (χ4n) is 2.52. The molecule has 1 aliphatic heterocycles. The van der Waals surface area contributed by atoms with Gasteiger partial charge in [0.25, 0.3) is 5.56 Å². The van der Waals surface area contributed by atoms with Gasteiger partial charge < -0.3 is 15.5 Å². The minimum absolute atomic E-state index is 0.0671. The van der Waals surface area contributed by atoms with Crippen LogP contribution in [0.1, 0.15) is 22.6 Å². The molecule has 6 nitrogen and oxygen atoms in total. The van der Waals surface area contributed by atoms with Gasteiger partial charge in [-0.3, -0.25) is 4.79 Å². The summed E-state index contributed by atoms with van der Waals surface area (Å²) in [7, 11) is 0. The summed E-state index contributed by atoms with van der Waals surface area (Å²) in [6.45, 7) is 0. The van der Waals surface area contributed by atoms with Gasteiger partial charge in [-0.2, -0.15) is 18.4 Å². The number of benzene rings is 1. The van der Waals surface area contributed by atoms with E-state index in [4.69, 9.17) is 10.5 Å². The van der Waals surface area contributed by atoms with Gasteiger partial charge in [0.1, 0.15) is 11.6 Å². The van der Waals surface area contributed by atoms with Crippen LogP contribution >= 0.6 is 0 Å². The second-order valence-corrected chi connectivity index (χ2v) is 5.00. The molecule has 2 aromatic rings. The zero-order chi connectivity index (χ0) is 17.5. The minimum Gasteiger partial charge on any atom is -0.422 e. The lowest BCUT2D eigenvalue weighted by Crippen LogP contribution is -2.28. The first-order chi connectivity index (χ1) is 11.3. The number of allylic oxidation sites excluding steroid dienone is 1. The van der Waals surface area contributed by atoms with E-state index in [1.54, 1.807) is 6.07 Å². The molecule has 1 aromatic heterocycles. The Labute approximate surface area is 133 Å². The van der Waals surface area contributed by atoms with E-state index in [1.165, 1.54) is 12.1 Å². The molecule has 0 amide bonds. The molecule has 3 rings (SSSR count). The van der Waals surface area contributed by atoms with Crippen LogP contribution in [0.4, 0.5) is 13.2 Å². The van der Waals surface area contributed by atoms with Gasteiger partial charge in [-0.05, 0) is 11.6 Å². The molecule has 0 radical (unpaired) electrons. The Morgan fingerprint density at radius 3 is 2.79 bits per heavy atom. The SMILES string of the molecule is N#CC1=C(N)Oc2nc[nH]c(=O)c2[C@@H]1c1cccc(C(F)(F)F)c1. The average Bonchev–Trinajstić information content (AvgIpc) is 2.53. The van der Waals surface area contributed by atoms with E-state index in [9.17, 15) is 23.2 Å². The zero-order valence-electron chi connectivity index (χ0n) is 11.9. The van der Waals surface area contributed by atoms with E-state index >= 15 is 0 Å². The third-order valence-electron chi connectivity index (χ3n) is 3.57. The van der Waals surface area contributed by atoms with Crippen molar-refractivity contribution in [2.45, 2.75) is 12.1 Å². The summed E-state index contributed by atoms with van der Waals surface area (Å²) in [5, 5.41) is 9.32. The summed E-state index contributed by atoms with van der Waals surface area (Å²) in [6.07, 6.45) is -3.48. The molecule has 3 N–H and O–H groups in total. The molecule has 0 bridgehead atoms. The van der Waals surface area contributed by atoms with Crippen molar-refractivity contribution in [3.63, 3.8) is 0 Å². The van der Waals surface area contributed by atoms with Crippen LogP contribution in [-0.2, 0) is 6.18 Å². The van der Waals surface area contributed by atoms with Gasteiger partial charge >= 0.3 is 6.18 Å². The largest absolute Gasteiger partial charge is 0.422 e. The number of aromatic amines is 1. The lowest BCUT2D eigenvalue weighted by Gasteiger charge is -2.24. The van der Waals surface area contributed by atoms with Gasteiger partial charge in [0.05, 0.1) is 23.4 Å². The molecule has 1 aromatic carbocycles. The molecule has 9 heteroatoms. The molecule has 1 atom stereocenters. The third kappa shape index (κ3) is 2.48. The van der Waals surface area contributed by atoms with Gasteiger partial charge in [-0.15, -0.1) is 0 Å². The van der Waals surface area contributed by atoms with Crippen LogP contribution in [0.2, 0.25) is 0 Å². The van der Waals surface area contributed by atoms with Crippen molar-refractivity contribution in [1.82, 2.24) is 9.97 Å². The van der Waals surface area contributed by atoms with Crippen LogP contribution in [-0.4, -0.2) is 9.97 Å². The number of nitrogens with zero attached hydrogens (tertiary/aromatic N) is 2. The molecular weight excluding hydrogens is 325 g/mol. The van der Waals surface area contributed by atoms with Gasteiger partial charge in [-0.25, -0.2) is 4.98 Å². The maximum atomic E-state index is 13.0. The number of nitriles is 1. The number of rotatable bonds is 1. The Kier molecular flexibility index (Phi) is 3.52. The normalized spacial score (nSPS) is 17.0. The maximum Gasteiger partial charge on any atom is 0.416 e. The van der Waals surface area contributed by atoms with E-state index < -0.39 is 23.2 Å². The molecule has 24 heavy (non-hydrogen) atoms. The minimum atomic E-state index is -4.56. The Balaban J connectivity index is 2.27. The number of ether oxygens (including phenoxy) is 1. The number of hydrogen-bond donors (Lipinski definition) is 2. The highest BCUT2D eigenvalue weighted by atomic mass is 19.4. The van der Waals surface area contributed by atoms with Crippen molar-refractivity contribution in [2.24, 2.45) is 5.73 Å². The van der Waals surface area contributed by atoms with Crippen LogP contribution in [0.5, 0.6) is 5.88 Å². The summed E-state index contributed by atoms with van der Waals surface area (Å²) >= 11 is 0. The lowest BCUT2D eigenvalue weighted by atomic mass is 9.84. The Hall–Kier alpha value is -3.28. The van der Waals surface area contributed by atoms with Crippen LogP contribution in [0.25, 0.3) is 0 Å². The van der Waals surface area contributed by atoms with E-state index in [0.29, 0.717) is 0 Å². The second-order valence-electron chi connectivity index (χ2n) is 5.00. The molecular formula is C15H9F3N4O2. The summed E-state index contributed by atoms with van der Waals surface area (Å²) in [5.41, 5.74) is 4.02. The zero-order valence-corrected chi connectivity index (χ0v) is 11.9. The van der Waals surface area contributed by atoms with Gasteiger partial charge in [0.2, 0.25) is 11.8 Å². The predicted octanol–water partition coefficient (Wildman–Crippen LogP) is 2.01. The molecule has 0 unspecified atom stereocenters. The van der Waals surface area contributed by atoms with E-state index in [1.807, 2.05) is 0 Å². The first kappa shape index (κ1) is 15.6. The molecule has 0 fully saturated rings. The fourth-order valence-corrected chi connectivity index (χ4v) is 2.52. The number of fused-ring (bicyclic) bond motifs is 1.